The molecule has 0 aliphatic heterocycles. The van der Waals surface area contributed by atoms with Crippen molar-refractivity contribution in [3.63, 3.8) is 0 Å². The summed E-state index contributed by atoms with van der Waals surface area (Å²) in [7, 11) is 1.63. The Morgan fingerprint density at radius 1 is 1.42 bits per heavy atom. The fraction of sp³-hybridized carbons (Fsp3) is 0.429. The summed E-state index contributed by atoms with van der Waals surface area (Å²) in [6, 6.07) is 5.66. The number of carbonyl (C=O) groups is 1. The summed E-state index contributed by atoms with van der Waals surface area (Å²) < 4.78 is 1.92. The van der Waals surface area contributed by atoms with Gasteiger partial charge in [-0.3, -0.25) is 4.79 Å². The zero-order chi connectivity index (χ0) is 14.2. The van der Waals surface area contributed by atoms with Crippen LogP contribution in [0, 0.1) is 6.92 Å². The van der Waals surface area contributed by atoms with Crippen molar-refractivity contribution in [1.82, 2.24) is 14.9 Å². The summed E-state index contributed by atoms with van der Waals surface area (Å²) in [6.07, 6.45) is 0. The second-order valence-electron chi connectivity index (χ2n) is 4.74. The van der Waals surface area contributed by atoms with E-state index in [1.807, 2.05) is 43.5 Å². The minimum absolute atomic E-state index is 0.0561. The van der Waals surface area contributed by atoms with Gasteiger partial charge in [-0.05, 0) is 38.5 Å². The molecule has 0 aliphatic carbocycles. The Balaban J connectivity index is 2.70. The molecule has 1 N–H and O–H groups in total. The molecule has 19 heavy (non-hydrogen) atoms. The van der Waals surface area contributed by atoms with Crippen molar-refractivity contribution in [3.8, 4) is 0 Å². The van der Waals surface area contributed by atoms with Crippen molar-refractivity contribution in [2.45, 2.75) is 32.2 Å². The maximum absolute atomic E-state index is 11.9. The highest BCUT2D eigenvalue weighted by molar-refractivity contribution is 6.20. The van der Waals surface area contributed by atoms with Gasteiger partial charge in [0, 0.05) is 7.05 Å². The number of imidazole rings is 1. The van der Waals surface area contributed by atoms with Crippen LogP contribution in [0.25, 0.3) is 11.0 Å². The third-order valence-corrected chi connectivity index (χ3v) is 3.44. The smallest absolute Gasteiger partial charge is 0.242 e. The molecule has 0 bridgehead atoms. The molecule has 5 heteroatoms. The van der Waals surface area contributed by atoms with E-state index in [-0.39, 0.29) is 17.3 Å². The topological polar surface area (TPSA) is 46.9 Å². The van der Waals surface area contributed by atoms with Gasteiger partial charge in [0.05, 0.1) is 16.4 Å². The molecular weight excluding hydrogens is 262 g/mol. The monoisotopic (exact) mass is 279 g/mol. The molecule has 1 aromatic carbocycles. The van der Waals surface area contributed by atoms with Gasteiger partial charge >= 0.3 is 0 Å². The number of amides is 1. The summed E-state index contributed by atoms with van der Waals surface area (Å²) in [6.45, 7) is 5.74. The molecule has 2 unspecified atom stereocenters. The first-order valence-corrected chi connectivity index (χ1v) is 6.73. The lowest BCUT2D eigenvalue weighted by atomic mass is 10.2. The summed E-state index contributed by atoms with van der Waals surface area (Å²) in [5.74, 6) is 0.665. The minimum Gasteiger partial charge on any atom is -0.357 e. The summed E-state index contributed by atoms with van der Waals surface area (Å²) >= 11 is 6.20. The molecular formula is C14H18ClN3O. The Hall–Kier alpha value is -1.55. The molecule has 0 spiro atoms. The van der Waals surface area contributed by atoms with Crippen LogP contribution < -0.4 is 5.32 Å². The molecule has 102 valence electrons. The van der Waals surface area contributed by atoms with E-state index in [4.69, 9.17) is 11.6 Å². The van der Waals surface area contributed by atoms with Gasteiger partial charge in [-0.2, -0.15) is 0 Å². The second-order valence-corrected chi connectivity index (χ2v) is 5.39. The van der Waals surface area contributed by atoms with Gasteiger partial charge in [0.25, 0.3) is 0 Å². The number of halogens is 1. The van der Waals surface area contributed by atoms with Gasteiger partial charge < -0.3 is 9.88 Å². The number of rotatable bonds is 3. The summed E-state index contributed by atoms with van der Waals surface area (Å²) in [4.78, 5) is 16.5. The Morgan fingerprint density at radius 2 is 2.11 bits per heavy atom. The van der Waals surface area contributed by atoms with E-state index in [0.717, 1.165) is 22.4 Å². The van der Waals surface area contributed by atoms with E-state index in [9.17, 15) is 4.79 Å². The number of nitrogens with one attached hydrogen (secondary N) is 1. The van der Waals surface area contributed by atoms with Crippen LogP contribution >= 0.6 is 11.6 Å². The fourth-order valence-electron chi connectivity index (χ4n) is 2.24. The SMILES string of the molecule is CNC(=O)C(C)n1c(C(C)Cl)nc2ccc(C)cc21. The fourth-order valence-corrected chi connectivity index (χ4v) is 2.39. The number of likely N-dealkylation sites (N-methyl/N-ethyl adjacent to an activating group) is 1. The number of aryl methyl sites for hydroxylation is 1. The first-order valence-electron chi connectivity index (χ1n) is 6.30. The number of hydrogen-bond acceptors (Lipinski definition) is 2. The normalized spacial score (nSPS) is 14.4. The average Bonchev–Trinajstić information content (AvgIpc) is 2.75. The van der Waals surface area contributed by atoms with Gasteiger partial charge in [-0.1, -0.05) is 6.07 Å². The maximum Gasteiger partial charge on any atom is 0.242 e. The van der Waals surface area contributed by atoms with Crippen molar-refractivity contribution in [2.24, 2.45) is 0 Å². The van der Waals surface area contributed by atoms with Gasteiger partial charge in [0.1, 0.15) is 11.9 Å². The van der Waals surface area contributed by atoms with Gasteiger partial charge in [0.2, 0.25) is 5.91 Å². The molecule has 2 aromatic rings. The van der Waals surface area contributed by atoms with E-state index >= 15 is 0 Å². The predicted octanol–water partition coefficient (Wildman–Crippen LogP) is 2.95. The Kier molecular flexibility index (Phi) is 3.80. The standard InChI is InChI=1S/C14H18ClN3O/c1-8-5-6-11-12(7-8)18(10(3)14(19)16-4)13(17-11)9(2)15/h5-7,9-10H,1-4H3,(H,16,19). The molecule has 0 radical (unpaired) electrons. The Morgan fingerprint density at radius 3 is 2.68 bits per heavy atom. The van der Waals surface area contributed by atoms with Gasteiger partial charge in [0.15, 0.2) is 0 Å². The van der Waals surface area contributed by atoms with Crippen LogP contribution in [0.15, 0.2) is 18.2 Å². The summed E-state index contributed by atoms with van der Waals surface area (Å²) in [5, 5.41) is 2.42. The molecule has 0 aliphatic rings. The average molecular weight is 280 g/mol. The highest BCUT2D eigenvalue weighted by Gasteiger charge is 2.22. The van der Waals surface area contributed by atoms with Crippen molar-refractivity contribution < 1.29 is 4.79 Å². The van der Waals surface area contributed by atoms with Crippen molar-refractivity contribution >= 4 is 28.5 Å². The second kappa shape index (κ2) is 5.21. The number of carbonyl (C=O) groups excluding carboxylic acids is 1. The minimum atomic E-state index is -0.340. The molecule has 1 heterocycles. The van der Waals surface area contributed by atoms with Crippen LogP contribution in [0.3, 0.4) is 0 Å². The first kappa shape index (κ1) is 13.9. The zero-order valence-corrected chi connectivity index (χ0v) is 12.3. The van der Waals surface area contributed by atoms with Crippen LogP contribution in [-0.4, -0.2) is 22.5 Å². The Labute approximate surface area is 117 Å². The summed E-state index contributed by atoms with van der Waals surface area (Å²) in [5.41, 5.74) is 2.94. The molecule has 4 nitrogen and oxygen atoms in total. The molecule has 1 amide bonds. The molecule has 0 saturated carbocycles. The van der Waals surface area contributed by atoms with Gasteiger partial charge in [-0.25, -0.2) is 4.98 Å². The third-order valence-electron chi connectivity index (χ3n) is 3.24. The number of nitrogens with zero attached hydrogens (tertiary/aromatic N) is 2. The first-order chi connectivity index (χ1) is 8.95. The molecule has 0 fully saturated rings. The van der Waals surface area contributed by atoms with Crippen molar-refractivity contribution in [1.29, 1.82) is 0 Å². The van der Waals surface area contributed by atoms with Gasteiger partial charge in [-0.15, -0.1) is 11.6 Å². The van der Waals surface area contributed by atoms with E-state index in [1.165, 1.54) is 0 Å². The van der Waals surface area contributed by atoms with Crippen LogP contribution in [0.4, 0.5) is 0 Å². The van der Waals surface area contributed by atoms with E-state index < -0.39 is 0 Å². The van der Waals surface area contributed by atoms with Crippen molar-refractivity contribution in [3.05, 3.63) is 29.6 Å². The molecule has 2 rings (SSSR count). The highest BCUT2D eigenvalue weighted by atomic mass is 35.5. The quantitative estimate of drug-likeness (QED) is 0.878. The van der Waals surface area contributed by atoms with Crippen molar-refractivity contribution in [2.75, 3.05) is 7.05 Å². The Bertz CT molecular complexity index is 618. The van der Waals surface area contributed by atoms with Crippen LogP contribution in [0.2, 0.25) is 0 Å². The lowest BCUT2D eigenvalue weighted by Crippen LogP contribution is -2.28. The molecule has 0 saturated heterocycles. The number of alkyl halides is 1. The van der Waals surface area contributed by atoms with E-state index in [0.29, 0.717) is 0 Å². The molecule has 1 aromatic heterocycles. The lowest BCUT2D eigenvalue weighted by molar-refractivity contribution is -0.123. The largest absolute Gasteiger partial charge is 0.357 e. The highest BCUT2D eigenvalue weighted by Crippen LogP contribution is 2.28. The van der Waals surface area contributed by atoms with E-state index in [2.05, 4.69) is 10.3 Å². The number of hydrogen-bond donors (Lipinski definition) is 1. The number of aromatic nitrogens is 2. The van der Waals surface area contributed by atoms with Crippen LogP contribution in [-0.2, 0) is 4.79 Å². The maximum atomic E-state index is 11.9. The van der Waals surface area contributed by atoms with Crippen LogP contribution in [0.5, 0.6) is 0 Å². The number of fused-ring (bicyclic) bond motifs is 1. The zero-order valence-electron chi connectivity index (χ0n) is 11.6. The van der Waals surface area contributed by atoms with Crippen LogP contribution in [0.1, 0.15) is 36.7 Å². The number of benzene rings is 1. The van der Waals surface area contributed by atoms with E-state index in [1.54, 1.807) is 7.05 Å². The molecule has 2 atom stereocenters. The predicted molar refractivity (Wildman–Crippen MR) is 77.5 cm³/mol. The third kappa shape index (κ3) is 2.45. The lowest BCUT2D eigenvalue weighted by Gasteiger charge is -2.17.